The van der Waals surface area contributed by atoms with Crippen LogP contribution in [0.1, 0.15) is 44.5 Å². The van der Waals surface area contributed by atoms with Crippen molar-refractivity contribution in [3.05, 3.63) is 23.9 Å². The third-order valence-corrected chi connectivity index (χ3v) is 2.98. The number of aromatic nitrogens is 1. The molecule has 1 heterocycles. The van der Waals surface area contributed by atoms with E-state index in [1.54, 1.807) is 27.7 Å². The van der Waals surface area contributed by atoms with Gasteiger partial charge in [0.1, 0.15) is 5.82 Å². The van der Waals surface area contributed by atoms with Gasteiger partial charge in [0, 0.05) is 11.6 Å². The number of nitrogens with one attached hydrogen (secondary N) is 1. The number of Topliss-reactive ketones (excluding diaryl/α,β-unsaturated/α-hetero) is 1. The van der Waals surface area contributed by atoms with E-state index in [1.807, 2.05) is 0 Å². The van der Waals surface area contributed by atoms with Gasteiger partial charge in [-0.2, -0.15) is 0 Å². The van der Waals surface area contributed by atoms with E-state index in [2.05, 4.69) is 15.5 Å². The zero-order chi connectivity index (χ0) is 18.3. The topological polar surface area (TPSA) is 118 Å². The fourth-order valence-corrected chi connectivity index (χ4v) is 1.64. The fraction of sp³-hybridized carbons (Fsp3) is 0.438. The van der Waals surface area contributed by atoms with Crippen LogP contribution >= 0.6 is 0 Å². The molecule has 0 atom stereocenters. The summed E-state index contributed by atoms with van der Waals surface area (Å²) in [6.07, 6.45) is 0.959. The molecule has 0 aliphatic carbocycles. The first kappa shape index (κ1) is 19.3. The van der Waals surface area contributed by atoms with E-state index in [4.69, 9.17) is 9.94 Å². The van der Waals surface area contributed by atoms with Crippen LogP contribution in [0.3, 0.4) is 0 Å². The van der Waals surface area contributed by atoms with Crippen LogP contribution in [0.4, 0.5) is 5.82 Å². The Hall–Kier alpha value is -2.77. The van der Waals surface area contributed by atoms with Gasteiger partial charge in [-0.25, -0.2) is 9.78 Å². The Balaban J connectivity index is 3.00. The van der Waals surface area contributed by atoms with Crippen LogP contribution < -0.4 is 5.32 Å². The number of ether oxygens (including phenoxy) is 1. The molecule has 8 heteroatoms. The van der Waals surface area contributed by atoms with E-state index >= 15 is 0 Å². The first-order valence-electron chi connectivity index (χ1n) is 7.38. The van der Waals surface area contributed by atoms with Crippen LogP contribution in [0.5, 0.6) is 0 Å². The van der Waals surface area contributed by atoms with Crippen molar-refractivity contribution in [2.45, 2.75) is 34.1 Å². The summed E-state index contributed by atoms with van der Waals surface area (Å²) in [6, 6.07) is 2.99. The van der Waals surface area contributed by atoms with Crippen LogP contribution in [0, 0.1) is 5.41 Å². The third-order valence-electron chi connectivity index (χ3n) is 2.98. The number of nitrogens with zero attached hydrogens (tertiary/aromatic N) is 2. The molecule has 1 aromatic heterocycles. The highest BCUT2D eigenvalue weighted by atomic mass is 16.5. The Kier molecular flexibility index (Phi) is 6.58. The maximum Gasteiger partial charge on any atom is 0.356 e. The molecule has 1 rings (SSSR count). The molecular formula is C16H21N3O5. The maximum absolute atomic E-state index is 12.4. The van der Waals surface area contributed by atoms with Crippen molar-refractivity contribution in [1.82, 2.24) is 4.98 Å². The number of hydrogen-bond donors (Lipinski definition) is 2. The lowest BCUT2D eigenvalue weighted by molar-refractivity contribution is -0.135. The highest BCUT2D eigenvalue weighted by Gasteiger charge is 2.25. The summed E-state index contributed by atoms with van der Waals surface area (Å²) in [7, 11) is 0. The maximum atomic E-state index is 12.4. The van der Waals surface area contributed by atoms with Gasteiger partial charge in [0.15, 0.2) is 11.5 Å². The minimum absolute atomic E-state index is 0.0866. The number of esters is 1. The number of anilines is 1. The average Bonchev–Trinajstić information content (AvgIpc) is 2.52. The van der Waals surface area contributed by atoms with E-state index in [0.717, 1.165) is 0 Å². The van der Waals surface area contributed by atoms with Crippen LogP contribution in [0.2, 0.25) is 0 Å². The summed E-state index contributed by atoms with van der Waals surface area (Å²) in [5.41, 5.74) is -0.972. The van der Waals surface area contributed by atoms with Gasteiger partial charge < -0.3 is 15.3 Å². The van der Waals surface area contributed by atoms with Crippen LogP contribution in [-0.2, 0) is 14.3 Å². The molecule has 1 amide bonds. The number of ketones is 1. The normalized spacial score (nSPS) is 11.8. The number of hydrogen-bond acceptors (Lipinski definition) is 7. The second kappa shape index (κ2) is 8.19. The van der Waals surface area contributed by atoms with Crippen molar-refractivity contribution in [2.24, 2.45) is 10.6 Å². The summed E-state index contributed by atoms with van der Waals surface area (Å²) in [4.78, 5) is 40.0. The lowest BCUT2D eigenvalue weighted by Gasteiger charge is -2.18. The van der Waals surface area contributed by atoms with Crippen LogP contribution in [-0.4, -0.2) is 40.2 Å². The van der Waals surface area contributed by atoms with Crippen molar-refractivity contribution < 1.29 is 24.3 Å². The molecule has 0 aromatic carbocycles. The second-order valence-electron chi connectivity index (χ2n) is 5.97. The van der Waals surface area contributed by atoms with Crippen LogP contribution in [0.15, 0.2) is 23.5 Å². The number of carbonyl (C=O) groups excluding carboxylic acids is 3. The Bertz CT molecular complexity index is 662. The smallest absolute Gasteiger partial charge is 0.356 e. The molecule has 0 aliphatic rings. The number of pyridine rings is 1. The molecule has 0 saturated carbocycles. The number of amides is 1. The van der Waals surface area contributed by atoms with E-state index in [-0.39, 0.29) is 23.9 Å². The van der Waals surface area contributed by atoms with E-state index in [9.17, 15) is 14.4 Å². The third kappa shape index (κ3) is 5.15. The predicted molar refractivity (Wildman–Crippen MR) is 87.1 cm³/mol. The zero-order valence-electron chi connectivity index (χ0n) is 14.1. The summed E-state index contributed by atoms with van der Waals surface area (Å²) >= 11 is 0. The summed E-state index contributed by atoms with van der Waals surface area (Å²) < 4.78 is 4.70. The molecule has 0 aliphatic heterocycles. The zero-order valence-corrected chi connectivity index (χ0v) is 14.1. The first-order chi connectivity index (χ1) is 11.2. The Morgan fingerprint density at radius 1 is 1.33 bits per heavy atom. The quantitative estimate of drug-likeness (QED) is 0.270. The molecule has 130 valence electrons. The molecule has 8 nitrogen and oxygen atoms in total. The van der Waals surface area contributed by atoms with Crippen molar-refractivity contribution in [1.29, 1.82) is 0 Å². The van der Waals surface area contributed by atoms with Gasteiger partial charge in [0.05, 0.1) is 18.6 Å². The van der Waals surface area contributed by atoms with Gasteiger partial charge in [0.2, 0.25) is 5.91 Å². The molecule has 24 heavy (non-hydrogen) atoms. The lowest BCUT2D eigenvalue weighted by atomic mass is 9.95. The average molecular weight is 335 g/mol. The molecule has 2 N–H and O–H groups in total. The molecule has 0 bridgehead atoms. The molecule has 0 fully saturated rings. The summed E-state index contributed by atoms with van der Waals surface area (Å²) in [5, 5.41) is 14.3. The van der Waals surface area contributed by atoms with Crippen LogP contribution in [0.25, 0.3) is 0 Å². The molecule has 0 unspecified atom stereocenters. The summed E-state index contributed by atoms with van der Waals surface area (Å²) in [5.74, 6) is -1.63. The molecule has 0 radical (unpaired) electrons. The van der Waals surface area contributed by atoms with Gasteiger partial charge >= 0.3 is 5.97 Å². The Morgan fingerprint density at radius 2 is 2.00 bits per heavy atom. The van der Waals surface area contributed by atoms with E-state index in [1.165, 1.54) is 18.3 Å². The molecule has 0 spiro atoms. The lowest BCUT2D eigenvalue weighted by Crippen LogP contribution is -2.29. The minimum atomic E-state index is -0.877. The van der Waals surface area contributed by atoms with Gasteiger partial charge in [0.25, 0.3) is 0 Å². The molecular weight excluding hydrogens is 314 g/mol. The van der Waals surface area contributed by atoms with Gasteiger partial charge in [-0.3, -0.25) is 9.59 Å². The van der Waals surface area contributed by atoms with Crippen molar-refractivity contribution in [3.63, 3.8) is 0 Å². The number of rotatable bonds is 6. The highest BCUT2D eigenvalue weighted by Crippen LogP contribution is 2.19. The van der Waals surface area contributed by atoms with Gasteiger partial charge in [-0.15, -0.1) is 0 Å². The minimum Gasteiger partial charge on any atom is -0.461 e. The van der Waals surface area contributed by atoms with Crippen molar-refractivity contribution in [3.8, 4) is 0 Å². The Labute approximate surface area is 139 Å². The molecule has 1 aromatic rings. The monoisotopic (exact) mass is 335 g/mol. The second-order valence-corrected chi connectivity index (χ2v) is 5.97. The molecule has 0 saturated heterocycles. The largest absolute Gasteiger partial charge is 0.461 e. The van der Waals surface area contributed by atoms with Gasteiger partial charge in [-0.05, 0) is 19.1 Å². The fourth-order valence-electron chi connectivity index (χ4n) is 1.64. The Morgan fingerprint density at radius 3 is 2.54 bits per heavy atom. The van der Waals surface area contributed by atoms with Crippen molar-refractivity contribution in [2.75, 3.05) is 11.9 Å². The first-order valence-corrected chi connectivity index (χ1v) is 7.38. The summed E-state index contributed by atoms with van der Waals surface area (Å²) in [6.45, 7) is 6.86. The van der Waals surface area contributed by atoms with E-state index < -0.39 is 29.3 Å². The predicted octanol–water partition coefficient (Wildman–Crippen LogP) is 2.03. The number of carbonyl (C=O) groups is 3. The standard InChI is InChI=1S/C16H21N3O5/c1-5-24-14(21)11(19-23)9-12(20)10-7-6-8-17-13(10)18-15(22)16(2,3)4/h6-8,23H,5,9H2,1-4H3,(H,17,18,22)/b19-11-. The number of oxime groups is 1. The van der Waals surface area contributed by atoms with E-state index in [0.29, 0.717) is 0 Å². The van der Waals surface area contributed by atoms with Gasteiger partial charge in [-0.1, -0.05) is 25.9 Å². The SMILES string of the molecule is CCOC(=O)/C(CC(=O)c1cccnc1NC(=O)C(C)(C)C)=N\O. The van der Waals surface area contributed by atoms with Crippen molar-refractivity contribution >= 4 is 29.2 Å². The highest BCUT2D eigenvalue weighted by molar-refractivity contribution is 6.40.